The molecular weight excluding hydrogens is 241 g/mol. The molecule has 0 N–H and O–H groups in total. The second-order valence-corrected chi connectivity index (χ2v) is 3.99. The maximum absolute atomic E-state index is 11.4. The summed E-state index contributed by atoms with van der Waals surface area (Å²) in [5.74, 6) is -1.38. The first-order chi connectivity index (χ1) is 6.90. The van der Waals surface area contributed by atoms with Gasteiger partial charge in [-0.25, -0.2) is 4.79 Å². The van der Waals surface area contributed by atoms with Crippen LogP contribution < -0.4 is 0 Å². The van der Waals surface area contributed by atoms with Gasteiger partial charge >= 0.3 is 5.97 Å². The molecule has 6 heteroatoms. The highest BCUT2D eigenvalue weighted by atomic mass is 35.5. The molecule has 0 aromatic carbocycles. The standard InChI is InChI=1S/C9H13Cl2NO3/c1-4-15-9(14)6(5-12(2)3)7(13)8(10)11/h5,8H,4H2,1-3H3. The van der Waals surface area contributed by atoms with Gasteiger partial charge in [0, 0.05) is 20.3 Å². The van der Waals surface area contributed by atoms with E-state index < -0.39 is 16.6 Å². The first-order valence-corrected chi connectivity index (χ1v) is 5.15. The number of halogens is 2. The van der Waals surface area contributed by atoms with Gasteiger partial charge in [0.2, 0.25) is 5.78 Å². The Morgan fingerprint density at radius 1 is 1.40 bits per heavy atom. The number of hydrogen-bond acceptors (Lipinski definition) is 4. The van der Waals surface area contributed by atoms with Gasteiger partial charge in [0.1, 0.15) is 5.57 Å². The second kappa shape index (κ2) is 6.69. The molecule has 0 aliphatic heterocycles. The van der Waals surface area contributed by atoms with Gasteiger partial charge in [-0.15, -0.1) is 0 Å². The zero-order valence-electron chi connectivity index (χ0n) is 8.79. The molecule has 4 nitrogen and oxygen atoms in total. The van der Waals surface area contributed by atoms with Crippen molar-refractivity contribution in [3.63, 3.8) is 0 Å². The van der Waals surface area contributed by atoms with Gasteiger partial charge in [0.05, 0.1) is 6.61 Å². The Morgan fingerprint density at radius 2 is 1.93 bits per heavy atom. The van der Waals surface area contributed by atoms with Crippen LogP contribution in [0.4, 0.5) is 0 Å². The van der Waals surface area contributed by atoms with Crippen LogP contribution in [0.25, 0.3) is 0 Å². The molecular formula is C9H13Cl2NO3. The Hall–Kier alpha value is -0.740. The van der Waals surface area contributed by atoms with Crippen molar-refractivity contribution in [1.82, 2.24) is 4.90 Å². The van der Waals surface area contributed by atoms with Gasteiger partial charge < -0.3 is 9.64 Å². The van der Waals surface area contributed by atoms with Crippen LogP contribution in [0.15, 0.2) is 11.8 Å². The van der Waals surface area contributed by atoms with E-state index >= 15 is 0 Å². The quantitative estimate of drug-likeness (QED) is 0.244. The van der Waals surface area contributed by atoms with Crippen molar-refractivity contribution in [3.8, 4) is 0 Å². The third-order valence-electron chi connectivity index (χ3n) is 1.35. The van der Waals surface area contributed by atoms with E-state index in [1.54, 1.807) is 25.9 Å². The Balaban J connectivity index is 4.90. The van der Waals surface area contributed by atoms with Gasteiger partial charge in [-0.05, 0) is 6.92 Å². The zero-order chi connectivity index (χ0) is 12.0. The number of Topliss-reactive ketones (excluding diaryl/α,β-unsaturated/α-hetero) is 1. The van der Waals surface area contributed by atoms with Crippen molar-refractivity contribution in [3.05, 3.63) is 11.8 Å². The van der Waals surface area contributed by atoms with Crippen LogP contribution in [0.5, 0.6) is 0 Å². The molecule has 0 heterocycles. The summed E-state index contributed by atoms with van der Waals surface area (Å²) < 4.78 is 4.70. The van der Waals surface area contributed by atoms with Crippen LogP contribution >= 0.6 is 23.2 Å². The number of hydrogen-bond donors (Lipinski definition) is 0. The van der Waals surface area contributed by atoms with E-state index in [1.165, 1.54) is 6.20 Å². The first kappa shape index (κ1) is 14.3. The predicted octanol–water partition coefficient (Wildman–Crippen LogP) is 1.37. The summed E-state index contributed by atoms with van der Waals surface area (Å²) in [6, 6.07) is 0. The average molecular weight is 254 g/mol. The lowest BCUT2D eigenvalue weighted by molar-refractivity contribution is -0.140. The normalized spacial score (nSPS) is 11.5. The van der Waals surface area contributed by atoms with Crippen LogP contribution in [-0.2, 0) is 14.3 Å². The van der Waals surface area contributed by atoms with Crippen LogP contribution in [0.2, 0.25) is 0 Å². The summed E-state index contributed by atoms with van der Waals surface area (Å²) in [5.41, 5.74) is -0.156. The Morgan fingerprint density at radius 3 is 2.27 bits per heavy atom. The van der Waals surface area contributed by atoms with Crippen molar-refractivity contribution in [1.29, 1.82) is 0 Å². The zero-order valence-corrected chi connectivity index (χ0v) is 10.3. The third-order valence-corrected chi connectivity index (χ3v) is 1.74. The summed E-state index contributed by atoms with van der Waals surface area (Å²) in [4.78, 5) is 23.1. The molecule has 0 aliphatic carbocycles. The molecule has 0 atom stereocenters. The fourth-order valence-electron chi connectivity index (χ4n) is 0.802. The van der Waals surface area contributed by atoms with E-state index in [9.17, 15) is 9.59 Å². The smallest absolute Gasteiger partial charge is 0.343 e. The maximum atomic E-state index is 11.4. The van der Waals surface area contributed by atoms with Crippen molar-refractivity contribution in [2.45, 2.75) is 11.8 Å². The minimum Gasteiger partial charge on any atom is -0.462 e. The maximum Gasteiger partial charge on any atom is 0.343 e. The van der Waals surface area contributed by atoms with Gasteiger partial charge in [-0.2, -0.15) is 0 Å². The van der Waals surface area contributed by atoms with Crippen LogP contribution in [0, 0.1) is 0 Å². The summed E-state index contributed by atoms with van der Waals surface area (Å²) >= 11 is 10.8. The molecule has 0 bridgehead atoms. The molecule has 0 rings (SSSR count). The van der Waals surface area contributed by atoms with Crippen LogP contribution in [0.3, 0.4) is 0 Å². The lowest BCUT2D eigenvalue weighted by Gasteiger charge is -2.10. The van der Waals surface area contributed by atoms with E-state index in [2.05, 4.69) is 0 Å². The fraction of sp³-hybridized carbons (Fsp3) is 0.556. The summed E-state index contributed by atoms with van der Waals surface area (Å²) in [7, 11) is 3.34. The predicted molar refractivity (Wildman–Crippen MR) is 58.9 cm³/mol. The number of rotatable bonds is 5. The molecule has 0 amide bonds. The monoisotopic (exact) mass is 253 g/mol. The van der Waals surface area contributed by atoms with Gasteiger partial charge in [0.15, 0.2) is 4.84 Å². The Labute approximate surface area is 98.8 Å². The minimum atomic E-state index is -1.26. The van der Waals surface area contributed by atoms with Gasteiger partial charge in [-0.3, -0.25) is 4.79 Å². The fourth-order valence-corrected chi connectivity index (χ4v) is 1.04. The highest BCUT2D eigenvalue weighted by Gasteiger charge is 2.24. The highest BCUT2D eigenvalue weighted by Crippen LogP contribution is 2.12. The number of carbonyl (C=O) groups is 2. The average Bonchev–Trinajstić information content (AvgIpc) is 2.13. The van der Waals surface area contributed by atoms with E-state index in [-0.39, 0.29) is 12.2 Å². The number of alkyl halides is 2. The number of ketones is 1. The molecule has 0 aliphatic rings. The number of ether oxygens (including phenoxy) is 1. The summed E-state index contributed by atoms with van der Waals surface area (Å²) in [6.45, 7) is 1.83. The molecule has 0 radical (unpaired) electrons. The van der Waals surface area contributed by atoms with E-state index in [1.807, 2.05) is 0 Å². The lowest BCUT2D eigenvalue weighted by atomic mass is 10.2. The third kappa shape index (κ3) is 5.04. The van der Waals surface area contributed by atoms with Crippen LogP contribution in [-0.4, -0.2) is 42.2 Å². The van der Waals surface area contributed by atoms with Gasteiger partial charge in [0.25, 0.3) is 0 Å². The molecule has 0 unspecified atom stereocenters. The summed E-state index contributed by atoms with van der Waals surface area (Å²) in [5, 5.41) is 0. The van der Waals surface area contributed by atoms with Crippen molar-refractivity contribution < 1.29 is 14.3 Å². The van der Waals surface area contributed by atoms with Crippen molar-refractivity contribution in [2.24, 2.45) is 0 Å². The molecule has 86 valence electrons. The Bertz CT molecular complexity index is 275. The van der Waals surface area contributed by atoms with E-state index in [0.29, 0.717) is 0 Å². The molecule has 15 heavy (non-hydrogen) atoms. The highest BCUT2D eigenvalue weighted by molar-refractivity contribution is 6.56. The topological polar surface area (TPSA) is 46.6 Å². The Kier molecular flexibility index (Phi) is 6.36. The van der Waals surface area contributed by atoms with Crippen molar-refractivity contribution >= 4 is 35.0 Å². The molecule has 0 saturated carbocycles. The first-order valence-electron chi connectivity index (χ1n) is 4.27. The number of carbonyl (C=O) groups excluding carboxylic acids is 2. The van der Waals surface area contributed by atoms with Gasteiger partial charge in [-0.1, -0.05) is 23.2 Å². The van der Waals surface area contributed by atoms with E-state index in [0.717, 1.165) is 0 Å². The SMILES string of the molecule is CCOC(=O)C(=CN(C)C)C(=O)C(Cl)Cl. The minimum absolute atomic E-state index is 0.156. The molecule has 0 saturated heterocycles. The lowest BCUT2D eigenvalue weighted by Crippen LogP contribution is -2.22. The van der Waals surface area contributed by atoms with E-state index in [4.69, 9.17) is 27.9 Å². The van der Waals surface area contributed by atoms with Crippen molar-refractivity contribution in [2.75, 3.05) is 20.7 Å². The molecule has 0 aromatic rings. The number of nitrogens with zero attached hydrogens (tertiary/aromatic N) is 1. The van der Waals surface area contributed by atoms with Crippen LogP contribution in [0.1, 0.15) is 6.92 Å². The molecule has 0 fully saturated rings. The molecule has 0 spiro atoms. The number of esters is 1. The second-order valence-electron chi connectivity index (χ2n) is 2.89. The summed E-state index contributed by atoms with van der Waals surface area (Å²) in [6.07, 6.45) is 1.33. The largest absolute Gasteiger partial charge is 0.462 e. The molecule has 0 aromatic heterocycles.